The lowest BCUT2D eigenvalue weighted by Crippen LogP contribution is -2.30. The third-order valence-corrected chi connectivity index (χ3v) is 4.16. The summed E-state index contributed by atoms with van der Waals surface area (Å²) in [6.07, 6.45) is -0.977. The van der Waals surface area contributed by atoms with Crippen LogP contribution in [0.1, 0.15) is 28.7 Å². The molecule has 3 rings (SSSR count). The molecule has 2 aromatic carbocycles. The van der Waals surface area contributed by atoms with Gasteiger partial charge in [0.2, 0.25) is 0 Å². The van der Waals surface area contributed by atoms with Crippen LogP contribution in [0.4, 0.5) is 5.69 Å². The Balaban J connectivity index is 1.73. The fourth-order valence-corrected chi connectivity index (χ4v) is 2.74. The molecule has 6 heteroatoms. The highest BCUT2D eigenvalue weighted by atomic mass is 16.5. The Kier molecular flexibility index (Phi) is 5.35. The number of nitrogens with one attached hydrogen (secondary N) is 1. The molecule has 3 aromatic rings. The number of ether oxygens (including phenoxy) is 1. The van der Waals surface area contributed by atoms with Gasteiger partial charge in [-0.1, -0.05) is 53.7 Å². The topological polar surface area (TPSA) is 81.4 Å². The average Bonchev–Trinajstić information content (AvgIpc) is 3.01. The number of carbonyl (C=O) groups is 2. The van der Waals surface area contributed by atoms with Crippen LogP contribution in [0.3, 0.4) is 0 Å². The summed E-state index contributed by atoms with van der Waals surface area (Å²) < 4.78 is 10.3. The molecule has 1 aromatic heterocycles. The van der Waals surface area contributed by atoms with Crippen molar-refractivity contribution in [1.82, 2.24) is 5.16 Å². The number of aromatic nitrogens is 1. The van der Waals surface area contributed by atoms with Crippen LogP contribution in [0.15, 0.2) is 59.1 Å². The van der Waals surface area contributed by atoms with Gasteiger partial charge in [-0.2, -0.15) is 0 Å². The quantitative estimate of drug-likeness (QED) is 0.688. The predicted octanol–water partition coefficient (Wildman–Crippen LogP) is 4.14. The van der Waals surface area contributed by atoms with Gasteiger partial charge in [-0.05, 0) is 32.4 Å². The molecule has 0 aliphatic carbocycles. The molecule has 1 amide bonds. The smallest absolute Gasteiger partial charge is 0.344 e. The van der Waals surface area contributed by atoms with Crippen LogP contribution in [0.5, 0.6) is 0 Å². The third-order valence-electron chi connectivity index (χ3n) is 4.16. The van der Waals surface area contributed by atoms with Gasteiger partial charge in [0.15, 0.2) is 6.10 Å². The maximum absolute atomic E-state index is 12.5. The van der Waals surface area contributed by atoms with Gasteiger partial charge in [-0.3, -0.25) is 4.79 Å². The molecule has 0 aliphatic rings. The molecule has 0 radical (unpaired) electrons. The number of esters is 1. The summed E-state index contributed by atoms with van der Waals surface area (Å²) >= 11 is 0. The lowest BCUT2D eigenvalue weighted by molar-refractivity contribution is -0.123. The van der Waals surface area contributed by atoms with E-state index in [1.165, 1.54) is 6.92 Å². The van der Waals surface area contributed by atoms with Crippen LogP contribution < -0.4 is 5.32 Å². The summed E-state index contributed by atoms with van der Waals surface area (Å²) in [4.78, 5) is 24.8. The molecule has 27 heavy (non-hydrogen) atoms. The molecule has 1 N–H and O–H groups in total. The predicted molar refractivity (Wildman–Crippen MR) is 101 cm³/mol. The summed E-state index contributed by atoms with van der Waals surface area (Å²) in [7, 11) is 0. The molecule has 6 nitrogen and oxygen atoms in total. The second kappa shape index (κ2) is 7.86. The number of carbonyl (C=O) groups excluding carboxylic acids is 2. The minimum atomic E-state index is -0.977. The number of benzene rings is 2. The molecule has 0 fully saturated rings. The van der Waals surface area contributed by atoms with Crippen molar-refractivity contribution < 1.29 is 18.8 Å². The van der Waals surface area contributed by atoms with Crippen molar-refractivity contribution in [1.29, 1.82) is 0 Å². The Morgan fingerprint density at radius 3 is 2.37 bits per heavy atom. The van der Waals surface area contributed by atoms with E-state index in [0.29, 0.717) is 17.1 Å². The molecule has 0 aliphatic heterocycles. The Morgan fingerprint density at radius 1 is 1.04 bits per heavy atom. The normalized spacial score (nSPS) is 11.7. The molecule has 0 spiro atoms. The van der Waals surface area contributed by atoms with E-state index in [-0.39, 0.29) is 5.56 Å². The Morgan fingerprint density at radius 2 is 1.70 bits per heavy atom. The molecule has 0 saturated carbocycles. The van der Waals surface area contributed by atoms with Crippen molar-refractivity contribution in [3.63, 3.8) is 0 Å². The van der Waals surface area contributed by atoms with Crippen molar-refractivity contribution >= 4 is 17.6 Å². The van der Waals surface area contributed by atoms with Crippen molar-refractivity contribution in [3.05, 3.63) is 71.6 Å². The highest BCUT2D eigenvalue weighted by molar-refractivity contribution is 6.00. The molecule has 0 bridgehead atoms. The first kappa shape index (κ1) is 18.4. The molecular weight excluding hydrogens is 344 g/mol. The Bertz CT molecular complexity index is 944. The second-order valence-corrected chi connectivity index (χ2v) is 6.15. The van der Waals surface area contributed by atoms with E-state index in [0.717, 1.165) is 11.1 Å². The number of hydrogen-bond acceptors (Lipinski definition) is 5. The van der Waals surface area contributed by atoms with Gasteiger partial charge in [0.1, 0.15) is 11.3 Å². The van der Waals surface area contributed by atoms with Crippen LogP contribution in [0.25, 0.3) is 11.1 Å². The SMILES string of the molecule is Cc1noc(C)c1C(=O)OC(C)C(=O)Nc1ccccc1-c1ccccc1. The number of para-hydroxylation sites is 1. The third kappa shape index (κ3) is 4.06. The summed E-state index contributed by atoms with van der Waals surface area (Å²) in [5, 5.41) is 6.56. The maximum atomic E-state index is 12.5. The van der Waals surface area contributed by atoms with Crippen LogP contribution in [-0.4, -0.2) is 23.1 Å². The lowest BCUT2D eigenvalue weighted by atomic mass is 10.0. The van der Waals surface area contributed by atoms with Crippen LogP contribution in [0.2, 0.25) is 0 Å². The first-order valence-electron chi connectivity index (χ1n) is 8.56. The van der Waals surface area contributed by atoms with Crippen molar-refractivity contribution in [2.75, 3.05) is 5.32 Å². The van der Waals surface area contributed by atoms with Gasteiger partial charge in [-0.15, -0.1) is 0 Å². The number of nitrogens with zero attached hydrogens (tertiary/aromatic N) is 1. The second-order valence-electron chi connectivity index (χ2n) is 6.15. The van der Waals surface area contributed by atoms with Gasteiger partial charge >= 0.3 is 5.97 Å². The van der Waals surface area contributed by atoms with Crippen LogP contribution >= 0.6 is 0 Å². The van der Waals surface area contributed by atoms with E-state index in [9.17, 15) is 9.59 Å². The molecule has 0 saturated heterocycles. The Labute approximate surface area is 157 Å². The summed E-state index contributed by atoms with van der Waals surface area (Å²) in [6.45, 7) is 4.79. The minimum absolute atomic E-state index is 0.249. The van der Waals surface area contributed by atoms with Gasteiger partial charge in [0.25, 0.3) is 5.91 Å². The van der Waals surface area contributed by atoms with Gasteiger partial charge in [0.05, 0.1) is 5.69 Å². The molecular formula is C21H20N2O4. The number of aryl methyl sites for hydroxylation is 2. The molecule has 1 heterocycles. The van der Waals surface area contributed by atoms with E-state index in [1.807, 2.05) is 54.6 Å². The van der Waals surface area contributed by atoms with E-state index in [2.05, 4.69) is 10.5 Å². The Hall–Kier alpha value is -3.41. The number of hydrogen-bond donors (Lipinski definition) is 1. The zero-order chi connectivity index (χ0) is 19.4. The van der Waals surface area contributed by atoms with Gasteiger partial charge in [0, 0.05) is 11.3 Å². The van der Waals surface area contributed by atoms with E-state index < -0.39 is 18.0 Å². The van der Waals surface area contributed by atoms with Gasteiger partial charge < -0.3 is 14.6 Å². The number of anilines is 1. The summed E-state index contributed by atoms with van der Waals surface area (Å²) in [5.41, 5.74) is 3.19. The van der Waals surface area contributed by atoms with E-state index >= 15 is 0 Å². The highest BCUT2D eigenvalue weighted by Gasteiger charge is 2.24. The monoisotopic (exact) mass is 364 g/mol. The van der Waals surface area contributed by atoms with Crippen molar-refractivity contribution in [3.8, 4) is 11.1 Å². The number of amides is 1. The average molecular weight is 364 g/mol. The van der Waals surface area contributed by atoms with Gasteiger partial charge in [-0.25, -0.2) is 4.79 Å². The largest absolute Gasteiger partial charge is 0.449 e. The van der Waals surface area contributed by atoms with E-state index in [4.69, 9.17) is 9.26 Å². The standard InChI is InChI=1S/C21H20N2O4/c1-13-19(14(2)27-23-13)21(25)26-15(3)20(24)22-18-12-8-7-11-17(18)16-9-5-4-6-10-16/h4-12,15H,1-3H3,(H,22,24). The molecule has 138 valence electrons. The molecule has 1 atom stereocenters. The first-order chi connectivity index (χ1) is 13.0. The summed E-state index contributed by atoms with van der Waals surface area (Å²) in [6, 6.07) is 17.2. The van der Waals surface area contributed by atoms with Crippen molar-refractivity contribution in [2.45, 2.75) is 26.9 Å². The zero-order valence-corrected chi connectivity index (χ0v) is 15.4. The summed E-state index contributed by atoms with van der Waals surface area (Å²) in [5.74, 6) is -0.691. The lowest BCUT2D eigenvalue weighted by Gasteiger charge is -2.15. The molecule has 1 unspecified atom stereocenters. The number of rotatable bonds is 5. The zero-order valence-electron chi connectivity index (χ0n) is 15.4. The minimum Gasteiger partial charge on any atom is -0.449 e. The fourth-order valence-electron chi connectivity index (χ4n) is 2.74. The van der Waals surface area contributed by atoms with E-state index in [1.54, 1.807) is 13.8 Å². The van der Waals surface area contributed by atoms with Crippen molar-refractivity contribution in [2.24, 2.45) is 0 Å². The maximum Gasteiger partial charge on any atom is 0.344 e. The highest BCUT2D eigenvalue weighted by Crippen LogP contribution is 2.27. The first-order valence-corrected chi connectivity index (χ1v) is 8.56. The van der Waals surface area contributed by atoms with Crippen LogP contribution in [-0.2, 0) is 9.53 Å². The fraction of sp³-hybridized carbons (Fsp3) is 0.190. The van der Waals surface area contributed by atoms with Crippen LogP contribution in [0, 0.1) is 13.8 Å².